The number of alkyl halides is 5. The second kappa shape index (κ2) is 8.44. The Morgan fingerprint density at radius 2 is 1.90 bits per heavy atom. The second-order valence-electron chi connectivity index (χ2n) is 7.06. The van der Waals surface area contributed by atoms with Crippen LogP contribution in [0, 0.1) is 5.92 Å². The lowest BCUT2D eigenvalue weighted by Gasteiger charge is -2.19. The van der Waals surface area contributed by atoms with Crippen molar-refractivity contribution >= 4 is 22.6 Å². The Morgan fingerprint density at radius 1 is 1.16 bits per heavy atom. The quantitative estimate of drug-likeness (QED) is 0.558. The third kappa shape index (κ3) is 5.25. The summed E-state index contributed by atoms with van der Waals surface area (Å²) in [5.74, 6) is -5.38. The first-order valence-electron chi connectivity index (χ1n) is 9.11. The van der Waals surface area contributed by atoms with Gasteiger partial charge in [0.15, 0.2) is 6.61 Å². The van der Waals surface area contributed by atoms with E-state index in [0.29, 0.717) is 22.3 Å². The molecule has 3 rings (SSSR count). The van der Waals surface area contributed by atoms with E-state index in [1.54, 1.807) is 30.8 Å². The van der Waals surface area contributed by atoms with Gasteiger partial charge in [-0.3, -0.25) is 9.48 Å². The molecule has 0 aromatic carbocycles. The summed E-state index contributed by atoms with van der Waals surface area (Å²) in [7, 11) is 0. The fourth-order valence-electron chi connectivity index (χ4n) is 2.46. The minimum Gasteiger partial charge on any atom is -0.471 e. The molecule has 0 aliphatic rings. The number of ether oxygens (including phenoxy) is 1. The van der Waals surface area contributed by atoms with E-state index in [1.165, 1.54) is 24.5 Å². The number of pyridine rings is 2. The SMILES string of the molecule is CC(C)C(=O)Nc1nccc2nn(Cc3ccc(OCC(F)(F)C(F)(F)F)nc3)cc12. The first-order chi connectivity index (χ1) is 14.5. The molecule has 0 saturated carbocycles. The van der Waals surface area contributed by atoms with Gasteiger partial charge in [-0.25, -0.2) is 9.97 Å². The highest BCUT2D eigenvalue weighted by atomic mass is 19.4. The van der Waals surface area contributed by atoms with E-state index in [2.05, 4.69) is 25.1 Å². The van der Waals surface area contributed by atoms with Crippen LogP contribution in [0.4, 0.5) is 27.8 Å². The van der Waals surface area contributed by atoms with Gasteiger partial charge in [-0.1, -0.05) is 19.9 Å². The highest BCUT2D eigenvalue weighted by Gasteiger charge is 2.58. The summed E-state index contributed by atoms with van der Waals surface area (Å²) in [5.41, 5.74) is 1.19. The van der Waals surface area contributed by atoms with Crippen LogP contribution in [0.2, 0.25) is 0 Å². The van der Waals surface area contributed by atoms with Crippen LogP contribution in [-0.2, 0) is 11.3 Å². The number of carbonyl (C=O) groups excluding carboxylic acids is 1. The molecule has 0 fully saturated rings. The van der Waals surface area contributed by atoms with Crippen LogP contribution < -0.4 is 10.1 Å². The van der Waals surface area contributed by atoms with Crippen molar-refractivity contribution in [2.75, 3.05) is 11.9 Å². The molecule has 1 amide bonds. The van der Waals surface area contributed by atoms with Gasteiger partial charge in [0.25, 0.3) is 0 Å². The molecule has 166 valence electrons. The van der Waals surface area contributed by atoms with E-state index in [9.17, 15) is 26.7 Å². The molecule has 0 bridgehead atoms. The van der Waals surface area contributed by atoms with E-state index in [1.807, 2.05) is 0 Å². The maximum atomic E-state index is 12.9. The molecule has 7 nitrogen and oxygen atoms in total. The number of rotatable bonds is 7. The Labute approximate surface area is 173 Å². The number of carbonyl (C=O) groups is 1. The second-order valence-corrected chi connectivity index (χ2v) is 7.06. The summed E-state index contributed by atoms with van der Waals surface area (Å²) in [4.78, 5) is 19.9. The van der Waals surface area contributed by atoms with E-state index in [-0.39, 0.29) is 24.2 Å². The summed E-state index contributed by atoms with van der Waals surface area (Å²) < 4.78 is 68.4. The van der Waals surface area contributed by atoms with Crippen molar-refractivity contribution in [1.82, 2.24) is 19.7 Å². The molecule has 0 aliphatic heterocycles. The third-order valence-electron chi connectivity index (χ3n) is 4.21. The molecule has 0 radical (unpaired) electrons. The Hall–Kier alpha value is -3.31. The summed E-state index contributed by atoms with van der Waals surface area (Å²) >= 11 is 0. The molecule has 3 aromatic rings. The predicted octanol–water partition coefficient (Wildman–Crippen LogP) is 4.05. The van der Waals surface area contributed by atoms with E-state index in [4.69, 9.17) is 0 Å². The normalized spacial score (nSPS) is 12.4. The number of halogens is 5. The lowest BCUT2D eigenvalue weighted by molar-refractivity contribution is -0.290. The van der Waals surface area contributed by atoms with Crippen LogP contribution in [-0.4, -0.2) is 44.4 Å². The fourth-order valence-corrected chi connectivity index (χ4v) is 2.46. The number of fused-ring (bicyclic) bond motifs is 1. The number of nitrogens with zero attached hydrogens (tertiary/aromatic N) is 4. The Morgan fingerprint density at radius 3 is 2.52 bits per heavy atom. The van der Waals surface area contributed by atoms with Crippen LogP contribution >= 0.6 is 0 Å². The van der Waals surface area contributed by atoms with Crippen molar-refractivity contribution in [2.45, 2.75) is 32.5 Å². The van der Waals surface area contributed by atoms with Crippen molar-refractivity contribution in [2.24, 2.45) is 5.92 Å². The van der Waals surface area contributed by atoms with E-state index >= 15 is 0 Å². The highest BCUT2D eigenvalue weighted by molar-refractivity contribution is 5.99. The number of hydrogen-bond acceptors (Lipinski definition) is 5. The van der Waals surface area contributed by atoms with E-state index < -0.39 is 18.7 Å². The molecule has 0 spiro atoms. The van der Waals surface area contributed by atoms with Gasteiger partial charge in [0, 0.05) is 30.6 Å². The average Bonchev–Trinajstić information content (AvgIpc) is 3.10. The van der Waals surface area contributed by atoms with Gasteiger partial charge in [0.05, 0.1) is 17.4 Å². The molecule has 31 heavy (non-hydrogen) atoms. The monoisotopic (exact) mass is 443 g/mol. The molecular formula is C19H18F5N5O2. The molecule has 12 heteroatoms. The van der Waals surface area contributed by atoms with Gasteiger partial charge in [-0.2, -0.15) is 27.1 Å². The fraction of sp³-hybridized carbons (Fsp3) is 0.368. The number of amides is 1. The van der Waals surface area contributed by atoms with Crippen molar-refractivity contribution in [3.05, 3.63) is 42.4 Å². The van der Waals surface area contributed by atoms with Gasteiger partial charge in [-0.15, -0.1) is 0 Å². The first-order valence-corrected chi connectivity index (χ1v) is 9.11. The Bertz CT molecular complexity index is 1060. The summed E-state index contributed by atoms with van der Waals surface area (Å²) in [6, 6.07) is 4.34. The summed E-state index contributed by atoms with van der Waals surface area (Å²) in [6.07, 6.45) is -1.23. The molecule has 3 aromatic heterocycles. The molecular weight excluding hydrogens is 425 g/mol. The third-order valence-corrected chi connectivity index (χ3v) is 4.21. The van der Waals surface area contributed by atoms with Crippen LogP contribution in [0.25, 0.3) is 10.9 Å². The summed E-state index contributed by atoms with van der Waals surface area (Å²) in [5, 5.41) is 7.74. The minimum absolute atomic E-state index is 0.191. The Kier molecular flexibility index (Phi) is 6.09. The molecule has 0 saturated heterocycles. The zero-order chi connectivity index (χ0) is 22.8. The molecule has 1 N–H and O–H groups in total. The van der Waals surface area contributed by atoms with Crippen LogP contribution in [0.3, 0.4) is 0 Å². The zero-order valence-corrected chi connectivity index (χ0v) is 16.5. The van der Waals surface area contributed by atoms with Gasteiger partial charge in [0.1, 0.15) is 5.82 Å². The maximum absolute atomic E-state index is 12.9. The molecule has 3 heterocycles. The smallest absolute Gasteiger partial charge is 0.456 e. The molecule has 0 aliphatic carbocycles. The van der Waals surface area contributed by atoms with Crippen molar-refractivity contribution in [3.63, 3.8) is 0 Å². The zero-order valence-electron chi connectivity index (χ0n) is 16.5. The molecule has 0 unspecified atom stereocenters. The highest BCUT2D eigenvalue weighted by Crippen LogP contribution is 2.35. The van der Waals surface area contributed by atoms with Gasteiger partial charge < -0.3 is 10.1 Å². The van der Waals surface area contributed by atoms with Crippen LogP contribution in [0.15, 0.2) is 36.8 Å². The Balaban J connectivity index is 1.69. The lowest BCUT2D eigenvalue weighted by Crippen LogP contribution is -2.41. The van der Waals surface area contributed by atoms with E-state index in [0.717, 1.165) is 0 Å². The molecule has 0 atom stereocenters. The first kappa shape index (κ1) is 22.4. The van der Waals surface area contributed by atoms with Gasteiger partial charge >= 0.3 is 12.1 Å². The van der Waals surface area contributed by atoms with Gasteiger partial charge in [-0.05, 0) is 11.6 Å². The van der Waals surface area contributed by atoms with Crippen molar-refractivity contribution < 1.29 is 31.5 Å². The standard InChI is InChI=1S/C19H18F5N5O2/c1-11(2)17(30)27-16-13-9-29(28-14(13)5-6-25-16)8-12-3-4-15(26-7-12)31-10-18(20,21)19(22,23)24/h3-7,9,11H,8,10H2,1-2H3,(H,25,27,30). The number of hydrogen-bond donors (Lipinski definition) is 1. The predicted molar refractivity (Wildman–Crippen MR) is 101 cm³/mol. The average molecular weight is 443 g/mol. The van der Waals surface area contributed by atoms with Crippen molar-refractivity contribution in [1.29, 1.82) is 0 Å². The maximum Gasteiger partial charge on any atom is 0.456 e. The largest absolute Gasteiger partial charge is 0.471 e. The van der Waals surface area contributed by atoms with Crippen LogP contribution in [0.5, 0.6) is 5.88 Å². The number of nitrogens with one attached hydrogen (secondary N) is 1. The number of anilines is 1. The van der Waals surface area contributed by atoms with Gasteiger partial charge in [0.2, 0.25) is 11.8 Å². The number of aromatic nitrogens is 4. The van der Waals surface area contributed by atoms with Crippen LogP contribution in [0.1, 0.15) is 19.4 Å². The summed E-state index contributed by atoms with van der Waals surface area (Å²) in [6.45, 7) is 1.89. The van der Waals surface area contributed by atoms with Crippen molar-refractivity contribution in [3.8, 4) is 5.88 Å². The lowest BCUT2D eigenvalue weighted by atomic mass is 10.2. The minimum atomic E-state index is -5.70. The topological polar surface area (TPSA) is 81.9 Å².